The molecule has 0 bridgehead atoms. The highest BCUT2D eigenvalue weighted by atomic mass is 35.5. The molecule has 1 fully saturated rings. The lowest BCUT2D eigenvalue weighted by Crippen LogP contribution is -2.36. The first-order chi connectivity index (χ1) is 14.4. The van der Waals surface area contributed by atoms with Crippen molar-refractivity contribution in [3.63, 3.8) is 0 Å². The maximum atomic E-state index is 14.1. The lowest BCUT2D eigenvalue weighted by atomic mass is 10.0. The van der Waals surface area contributed by atoms with Gasteiger partial charge in [-0.1, -0.05) is 30.2 Å². The maximum Gasteiger partial charge on any atom is 0.251 e. The Morgan fingerprint density at radius 3 is 2.70 bits per heavy atom. The van der Waals surface area contributed by atoms with E-state index in [0.717, 1.165) is 24.8 Å². The van der Waals surface area contributed by atoms with E-state index in [2.05, 4.69) is 5.32 Å². The average Bonchev–Trinajstić information content (AvgIpc) is 2.75. The number of piperidine rings is 1. The predicted molar refractivity (Wildman–Crippen MR) is 116 cm³/mol. The van der Waals surface area contributed by atoms with Gasteiger partial charge in [0.2, 0.25) is 10.0 Å². The molecular formula is C21H22ClFN2O3S2. The number of fused-ring (bicyclic) bond motifs is 1. The Balaban J connectivity index is 1.59. The first kappa shape index (κ1) is 21.6. The third-order valence-corrected chi connectivity index (χ3v) is 9.00. The number of benzene rings is 2. The summed E-state index contributed by atoms with van der Waals surface area (Å²) < 4.78 is 41.6. The van der Waals surface area contributed by atoms with E-state index in [-0.39, 0.29) is 27.3 Å². The van der Waals surface area contributed by atoms with Crippen molar-refractivity contribution >= 4 is 39.3 Å². The van der Waals surface area contributed by atoms with Gasteiger partial charge in [0, 0.05) is 29.3 Å². The van der Waals surface area contributed by atoms with Crippen LogP contribution in [0.25, 0.3) is 0 Å². The SMILES string of the molecule is O=C(N[C@H]1CCSc2c(F)cccc21)c1ccc(Cl)c(S(=O)(=O)N2CCCCC2)c1. The monoisotopic (exact) mass is 468 g/mol. The minimum absolute atomic E-state index is 0.0515. The molecule has 30 heavy (non-hydrogen) atoms. The number of carbonyl (C=O) groups excluding carboxylic acids is 1. The largest absolute Gasteiger partial charge is 0.345 e. The highest BCUT2D eigenvalue weighted by molar-refractivity contribution is 7.99. The number of halogens is 2. The number of hydrogen-bond acceptors (Lipinski definition) is 4. The number of nitrogens with zero attached hydrogens (tertiary/aromatic N) is 1. The molecule has 4 rings (SSSR count). The fourth-order valence-corrected chi connectivity index (χ4v) is 7.02. The Hall–Kier alpha value is -1.61. The lowest BCUT2D eigenvalue weighted by molar-refractivity contribution is 0.0934. The van der Waals surface area contributed by atoms with Crippen molar-refractivity contribution in [3.8, 4) is 0 Å². The second-order valence-electron chi connectivity index (χ2n) is 7.43. The van der Waals surface area contributed by atoms with Crippen LogP contribution in [0, 0.1) is 5.82 Å². The van der Waals surface area contributed by atoms with E-state index in [1.165, 1.54) is 40.3 Å². The third kappa shape index (κ3) is 4.23. The van der Waals surface area contributed by atoms with E-state index < -0.39 is 15.9 Å². The molecule has 0 spiro atoms. The molecule has 1 amide bonds. The summed E-state index contributed by atoms with van der Waals surface area (Å²) in [5.74, 6) is -0.0135. The van der Waals surface area contributed by atoms with Crippen LogP contribution in [-0.4, -0.2) is 37.5 Å². The summed E-state index contributed by atoms with van der Waals surface area (Å²) >= 11 is 7.64. The molecule has 2 aromatic carbocycles. The van der Waals surface area contributed by atoms with Crippen molar-refractivity contribution in [1.29, 1.82) is 0 Å². The van der Waals surface area contributed by atoms with Crippen molar-refractivity contribution in [1.82, 2.24) is 9.62 Å². The fraction of sp³-hybridized carbons (Fsp3) is 0.381. The third-order valence-electron chi connectivity index (χ3n) is 5.46. The number of rotatable bonds is 4. The van der Waals surface area contributed by atoms with Gasteiger partial charge in [-0.3, -0.25) is 4.79 Å². The highest BCUT2D eigenvalue weighted by Crippen LogP contribution is 2.38. The topological polar surface area (TPSA) is 66.5 Å². The maximum absolute atomic E-state index is 14.1. The molecule has 0 saturated carbocycles. The number of thioether (sulfide) groups is 1. The summed E-state index contributed by atoms with van der Waals surface area (Å²) in [5, 5.41) is 3.02. The first-order valence-corrected chi connectivity index (χ1v) is 12.7. The molecule has 160 valence electrons. The van der Waals surface area contributed by atoms with Gasteiger partial charge in [0.1, 0.15) is 10.7 Å². The molecule has 2 aromatic rings. The van der Waals surface area contributed by atoms with Crippen LogP contribution in [0.2, 0.25) is 5.02 Å². The normalized spacial score (nSPS) is 19.9. The van der Waals surface area contributed by atoms with Gasteiger partial charge in [0.05, 0.1) is 11.1 Å². The van der Waals surface area contributed by atoms with Crippen molar-refractivity contribution in [2.24, 2.45) is 0 Å². The summed E-state index contributed by atoms with van der Waals surface area (Å²) in [6.07, 6.45) is 3.29. The van der Waals surface area contributed by atoms with Crippen LogP contribution < -0.4 is 5.32 Å². The quantitative estimate of drug-likeness (QED) is 0.711. The summed E-state index contributed by atoms with van der Waals surface area (Å²) in [6.45, 7) is 0.911. The molecule has 1 saturated heterocycles. The summed E-state index contributed by atoms with van der Waals surface area (Å²) in [4.78, 5) is 13.4. The van der Waals surface area contributed by atoms with Crippen LogP contribution >= 0.6 is 23.4 Å². The molecule has 0 unspecified atom stereocenters. The minimum Gasteiger partial charge on any atom is -0.345 e. The second kappa shape index (κ2) is 8.86. The van der Waals surface area contributed by atoms with Gasteiger partial charge >= 0.3 is 0 Å². The van der Waals surface area contributed by atoms with Gasteiger partial charge in [0.25, 0.3) is 5.91 Å². The summed E-state index contributed by atoms with van der Waals surface area (Å²) in [5.41, 5.74) is 0.959. The van der Waals surface area contributed by atoms with E-state index in [1.807, 2.05) is 6.07 Å². The molecule has 1 atom stereocenters. The van der Waals surface area contributed by atoms with Crippen LogP contribution in [-0.2, 0) is 10.0 Å². The van der Waals surface area contributed by atoms with Gasteiger partial charge in [-0.25, -0.2) is 12.8 Å². The van der Waals surface area contributed by atoms with Crippen molar-refractivity contribution < 1.29 is 17.6 Å². The Morgan fingerprint density at radius 1 is 1.17 bits per heavy atom. The van der Waals surface area contributed by atoms with E-state index in [9.17, 15) is 17.6 Å². The Kier molecular flexibility index (Phi) is 6.39. The van der Waals surface area contributed by atoms with E-state index in [1.54, 1.807) is 6.07 Å². The smallest absolute Gasteiger partial charge is 0.251 e. The van der Waals surface area contributed by atoms with Gasteiger partial charge in [0.15, 0.2) is 0 Å². The van der Waals surface area contributed by atoms with Crippen molar-refractivity contribution in [3.05, 3.63) is 58.4 Å². The molecule has 2 aliphatic heterocycles. The van der Waals surface area contributed by atoms with E-state index in [4.69, 9.17) is 11.6 Å². The second-order valence-corrected chi connectivity index (χ2v) is 10.9. The number of hydrogen-bond donors (Lipinski definition) is 1. The molecule has 0 radical (unpaired) electrons. The first-order valence-electron chi connectivity index (χ1n) is 9.90. The van der Waals surface area contributed by atoms with Crippen LogP contribution in [0.15, 0.2) is 46.2 Å². The Bertz CT molecular complexity index is 1070. The van der Waals surface area contributed by atoms with Gasteiger partial charge in [-0.05, 0) is 49.1 Å². The van der Waals surface area contributed by atoms with Gasteiger partial charge < -0.3 is 5.32 Å². The molecular weight excluding hydrogens is 447 g/mol. The predicted octanol–water partition coefficient (Wildman–Crippen LogP) is 4.62. The number of amides is 1. The van der Waals surface area contributed by atoms with Crippen molar-refractivity contribution in [2.45, 2.75) is 41.5 Å². The molecule has 2 aliphatic rings. The Labute approximate surface area is 185 Å². The molecule has 9 heteroatoms. The van der Waals surface area contributed by atoms with E-state index >= 15 is 0 Å². The van der Waals surface area contributed by atoms with Crippen molar-refractivity contribution in [2.75, 3.05) is 18.8 Å². The standard InChI is InChI=1S/C21H22ClFN2O3S2/c22-16-8-7-14(13-19(16)30(27,28)25-10-2-1-3-11-25)21(26)24-18-9-12-29-20-15(18)5-4-6-17(20)23/h4-8,13,18H,1-3,9-12H2,(H,24,26)/t18-/m0/s1. The molecule has 5 nitrogen and oxygen atoms in total. The van der Waals surface area contributed by atoms with Crippen LogP contribution in [0.5, 0.6) is 0 Å². The highest BCUT2D eigenvalue weighted by Gasteiger charge is 2.30. The molecule has 2 heterocycles. The zero-order valence-corrected chi connectivity index (χ0v) is 18.6. The van der Waals surface area contributed by atoms with Crippen LogP contribution in [0.1, 0.15) is 47.6 Å². The Morgan fingerprint density at radius 2 is 1.93 bits per heavy atom. The summed E-state index contributed by atoms with van der Waals surface area (Å²) in [6, 6.07) is 8.81. The van der Waals surface area contributed by atoms with Gasteiger partial charge in [-0.15, -0.1) is 11.8 Å². The zero-order chi connectivity index (χ0) is 21.3. The molecule has 1 N–H and O–H groups in total. The number of carbonyl (C=O) groups is 1. The van der Waals surface area contributed by atoms with Crippen LogP contribution in [0.4, 0.5) is 4.39 Å². The molecule has 0 aliphatic carbocycles. The minimum atomic E-state index is -3.77. The molecule has 0 aromatic heterocycles. The average molecular weight is 469 g/mol. The fourth-order valence-electron chi connectivity index (χ4n) is 3.86. The number of nitrogens with one attached hydrogen (secondary N) is 1. The zero-order valence-electron chi connectivity index (χ0n) is 16.2. The van der Waals surface area contributed by atoms with E-state index in [0.29, 0.717) is 30.2 Å². The van der Waals surface area contributed by atoms with Gasteiger partial charge in [-0.2, -0.15) is 4.31 Å². The number of sulfonamides is 1. The summed E-state index contributed by atoms with van der Waals surface area (Å²) in [7, 11) is -3.77. The lowest BCUT2D eigenvalue weighted by Gasteiger charge is -2.27. The van der Waals surface area contributed by atoms with Crippen LogP contribution in [0.3, 0.4) is 0 Å².